The van der Waals surface area contributed by atoms with Crippen LogP contribution in [0.1, 0.15) is 31.4 Å². The molecule has 0 radical (unpaired) electrons. The van der Waals surface area contributed by atoms with Gasteiger partial charge < -0.3 is 19.5 Å². The minimum absolute atomic E-state index is 0.551. The van der Waals surface area contributed by atoms with Gasteiger partial charge in [-0.3, -0.25) is 0 Å². The topological polar surface area (TPSA) is 41.9 Å². The molecule has 4 nitrogen and oxygen atoms in total. The number of ether oxygens (including phenoxy) is 2. The van der Waals surface area contributed by atoms with Gasteiger partial charge in [0.15, 0.2) is 0 Å². The van der Waals surface area contributed by atoms with Crippen molar-refractivity contribution in [2.24, 2.45) is 5.92 Å². The van der Waals surface area contributed by atoms with Crippen LogP contribution in [0, 0.1) is 5.92 Å². The first-order valence-corrected chi connectivity index (χ1v) is 7.26. The molecule has 1 saturated heterocycles. The summed E-state index contributed by atoms with van der Waals surface area (Å²) in [5.74, 6) is 2.17. The summed E-state index contributed by atoms with van der Waals surface area (Å²) in [6, 6.07) is 5.55. The van der Waals surface area contributed by atoms with Gasteiger partial charge in [0, 0.05) is 18.7 Å². The number of piperidine rings is 1. The predicted molar refractivity (Wildman–Crippen MR) is 79.3 cm³/mol. The Labute approximate surface area is 121 Å². The van der Waals surface area contributed by atoms with Crippen LogP contribution in [0.25, 0.3) is 0 Å². The fourth-order valence-electron chi connectivity index (χ4n) is 2.90. The Morgan fingerprint density at radius 2 is 2.15 bits per heavy atom. The van der Waals surface area contributed by atoms with E-state index in [0.29, 0.717) is 18.2 Å². The molecule has 20 heavy (non-hydrogen) atoms. The van der Waals surface area contributed by atoms with E-state index in [1.165, 1.54) is 12.8 Å². The minimum Gasteiger partial charge on any atom is -0.497 e. The van der Waals surface area contributed by atoms with Gasteiger partial charge in [0.1, 0.15) is 11.5 Å². The molecular weight excluding hydrogens is 254 g/mol. The van der Waals surface area contributed by atoms with Crippen LogP contribution in [0.5, 0.6) is 11.5 Å². The normalized spacial score (nSPS) is 21.5. The molecule has 2 unspecified atom stereocenters. The highest BCUT2D eigenvalue weighted by molar-refractivity contribution is 5.41. The second-order valence-corrected chi connectivity index (χ2v) is 5.63. The molecule has 0 bridgehead atoms. The van der Waals surface area contributed by atoms with Gasteiger partial charge in [-0.2, -0.15) is 0 Å². The highest BCUT2D eigenvalue weighted by Gasteiger charge is 2.21. The summed E-state index contributed by atoms with van der Waals surface area (Å²) in [6.45, 7) is 5.04. The number of β-amino-alcohol motifs (C(OH)–C–C–N with tert-alkyl or cyclic N) is 1. The van der Waals surface area contributed by atoms with Crippen molar-refractivity contribution in [1.82, 2.24) is 4.90 Å². The van der Waals surface area contributed by atoms with Gasteiger partial charge in [-0.15, -0.1) is 0 Å². The number of hydrogen-bond acceptors (Lipinski definition) is 4. The minimum atomic E-state index is -0.551. The summed E-state index contributed by atoms with van der Waals surface area (Å²) < 4.78 is 10.6. The highest BCUT2D eigenvalue weighted by Crippen LogP contribution is 2.30. The van der Waals surface area contributed by atoms with Crippen molar-refractivity contribution in [3.05, 3.63) is 23.8 Å². The Kier molecular flexibility index (Phi) is 5.26. The maximum Gasteiger partial charge on any atom is 0.124 e. The maximum absolute atomic E-state index is 10.5. The fraction of sp³-hybridized carbons (Fsp3) is 0.625. The molecule has 1 N–H and O–H groups in total. The summed E-state index contributed by atoms with van der Waals surface area (Å²) in [6.07, 6.45) is 1.95. The van der Waals surface area contributed by atoms with Gasteiger partial charge in [-0.25, -0.2) is 0 Å². The third kappa shape index (κ3) is 3.64. The highest BCUT2D eigenvalue weighted by atomic mass is 16.5. The summed E-state index contributed by atoms with van der Waals surface area (Å²) >= 11 is 0. The van der Waals surface area contributed by atoms with Crippen LogP contribution in [0.3, 0.4) is 0 Å². The van der Waals surface area contributed by atoms with Crippen LogP contribution in [-0.2, 0) is 0 Å². The lowest BCUT2D eigenvalue weighted by atomic mass is 9.99. The van der Waals surface area contributed by atoms with E-state index in [4.69, 9.17) is 9.47 Å². The van der Waals surface area contributed by atoms with E-state index in [1.807, 2.05) is 18.2 Å². The smallest absolute Gasteiger partial charge is 0.124 e. The number of benzene rings is 1. The van der Waals surface area contributed by atoms with Crippen molar-refractivity contribution in [3.63, 3.8) is 0 Å². The molecule has 2 atom stereocenters. The van der Waals surface area contributed by atoms with E-state index in [9.17, 15) is 5.11 Å². The van der Waals surface area contributed by atoms with Crippen molar-refractivity contribution in [2.45, 2.75) is 25.9 Å². The van der Waals surface area contributed by atoms with Crippen LogP contribution < -0.4 is 9.47 Å². The Morgan fingerprint density at radius 1 is 1.35 bits per heavy atom. The standard InChI is InChI=1S/C16H25NO3/c1-12-5-4-8-17(10-12)11-15(18)14-9-13(19-2)6-7-16(14)20-3/h6-7,9,12,15,18H,4-5,8,10-11H2,1-3H3. The molecule has 1 heterocycles. The van der Waals surface area contributed by atoms with Gasteiger partial charge in [-0.1, -0.05) is 6.92 Å². The first-order valence-electron chi connectivity index (χ1n) is 7.26. The molecule has 0 spiro atoms. The van der Waals surface area contributed by atoms with E-state index in [2.05, 4.69) is 11.8 Å². The van der Waals surface area contributed by atoms with Crippen molar-refractivity contribution >= 4 is 0 Å². The molecule has 1 fully saturated rings. The molecular formula is C16H25NO3. The van der Waals surface area contributed by atoms with Crippen LogP contribution in [0.15, 0.2) is 18.2 Å². The van der Waals surface area contributed by atoms with Gasteiger partial charge in [-0.05, 0) is 43.5 Å². The largest absolute Gasteiger partial charge is 0.497 e. The molecule has 0 saturated carbocycles. The first kappa shape index (κ1) is 15.1. The molecule has 0 aliphatic carbocycles. The van der Waals surface area contributed by atoms with E-state index in [0.717, 1.165) is 24.4 Å². The van der Waals surface area contributed by atoms with Crippen molar-refractivity contribution in [2.75, 3.05) is 33.9 Å². The second-order valence-electron chi connectivity index (χ2n) is 5.63. The number of methoxy groups -OCH3 is 2. The van der Waals surface area contributed by atoms with Gasteiger partial charge in [0.05, 0.1) is 20.3 Å². The quantitative estimate of drug-likeness (QED) is 0.899. The monoisotopic (exact) mass is 279 g/mol. The zero-order valence-electron chi connectivity index (χ0n) is 12.6. The third-order valence-corrected chi connectivity index (χ3v) is 3.97. The number of likely N-dealkylation sites (tertiary alicyclic amines) is 1. The SMILES string of the molecule is COc1ccc(OC)c(C(O)CN2CCCC(C)C2)c1. The summed E-state index contributed by atoms with van der Waals surface area (Å²) in [7, 11) is 3.26. The Hall–Kier alpha value is -1.26. The van der Waals surface area contributed by atoms with Gasteiger partial charge in [0.25, 0.3) is 0 Å². The third-order valence-electron chi connectivity index (χ3n) is 3.97. The predicted octanol–water partition coefficient (Wildman–Crippen LogP) is 2.47. The van der Waals surface area contributed by atoms with Gasteiger partial charge in [0.2, 0.25) is 0 Å². The molecule has 0 aromatic heterocycles. The number of aliphatic hydroxyl groups excluding tert-OH is 1. The average Bonchev–Trinajstić information content (AvgIpc) is 2.46. The number of nitrogens with zero attached hydrogens (tertiary/aromatic N) is 1. The van der Waals surface area contributed by atoms with E-state index in [-0.39, 0.29) is 0 Å². The number of rotatable bonds is 5. The number of aliphatic hydroxyl groups is 1. The summed E-state index contributed by atoms with van der Waals surface area (Å²) in [5, 5.41) is 10.5. The maximum atomic E-state index is 10.5. The lowest BCUT2D eigenvalue weighted by Gasteiger charge is -2.32. The van der Waals surface area contributed by atoms with Crippen LogP contribution in [0.4, 0.5) is 0 Å². The zero-order valence-corrected chi connectivity index (χ0v) is 12.6. The lowest BCUT2D eigenvalue weighted by molar-refractivity contribution is 0.0858. The summed E-state index contributed by atoms with van der Waals surface area (Å²) in [5.41, 5.74) is 0.796. The molecule has 1 aliphatic rings. The molecule has 1 aliphatic heterocycles. The average molecular weight is 279 g/mol. The van der Waals surface area contributed by atoms with Crippen LogP contribution in [-0.4, -0.2) is 43.9 Å². The number of hydrogen-bond donors (Lipinski definition) is 1. The Balaban J connectivity index is 2.09. The second kappa shape index (κ2) is 6.95. The van der Waals surface area contributed by atoms with E-state index >= 15 is 0 Å². The van der Waals surface area contributed by atoms with E-state index in [1.54, 1.807) is 14.2 Å². The molecule has 1 aromatic rings. The van der Waals surface area contributed by atoms with Gasteiger partial charge >= 0.3 is 0 Å². The van der Waals surface area contributed by atoms with Crippen molar-refractivity contribution < 1.29 is 14.6 Å². The molecule has 4 heteroatoms. The van der Waals surface area contributed by atoms with E-state index < -0.39 is 6.10 Å². The van der Waals surface area contributed by atoms with Crippen LogP contribution in [0.2, 0.25) is 0 Å². The van der Waals surface area contributed by atoms with Crippen molar-refractivity contribution in [3.8, 4) is 11.5 Å². The first-order chi connectivity index (χ1) is 9.63. The molecule has 0 amide bonds. The molecule has 1 aromatic carbocycles. The Morgan fingerprint density at radius 3 is 2.80 bits per heavy atom. The Bertz CT molecular complexity index is 436. The fourth-order valence-corrected chi connectivity index (χ4v) is 2.90. The van der Waals surface area contributed by atoms with Crippen molar-refractivity contribution in [1.29, 1.82) is 0 Å². The van der Waals surface area contributed by atoms with Crippen LogP contribution >= 0.6 is 0 Å². The zero-order chi connectivity index (χ0) is 14.5. The molecule has 2 rings (SSSR count). The summed E-state index contributed by atoms with van der Waals surface area (Å²) in [4.78, 5) is 2.33. The lowest BCUT2D eigenvalue weighted by Crippen LogP contribution is -2.37. The molecule has 112 valence electrons.